The van der Waals surface area contributed by atoms with Gasteiger partial charge in [0.1, 0.15) is 5.75 Å². The first-order valence-corrected chi connectivity index (χ1v) is 5.77. The first kappa shape index (κ1) is 11.3. The highest BCUT2D eigenvalue weighted by atomic mass is 16.5. The van der Waals surface area contributed by atoms with Crippen molar-refractivity contribution in [1.82, 2.24) is 0 Å². The third kappa shape index (κ3) is 2.00. The fourth-order valence-corrected chi connectivity index (χ4v) is 2.45. The lowest BCUT2D eigenvalue weighted by Gasteiger charge is -2.24. The van der Waals surface area contributed by atoms with Gasteiger partial charge in [-0.05, 0) is 43.5 Å². The zero-order valence-electron chi connectivity index (χ0n) is 10.2. The van der Waals surface area contributed by atoms with Crippen LogP contribution in [0.3, 0.4) is 0 Å². The Labute approximate surface area is 97.2 Å². The summed E-state index contributed by atoms with van der Waals surface area (Å²) >= 11 is 0. The SMILES string of the molecule is COc1ccc2c(c1)CC(CC(C)N)N2C. The third-order valence-corrected chi connectivity index (χ3v) is 3.31. The molecule has 0 spiro atoms. The van der Waals surface area contributed by atoms with E-state index in [4.69, 9.17) is 10.5 Å². The number of ether oxygens (including phenoxy) is 1. The molecule has 88 valence electrons. The summed E-state index contributed by atoms with van der Waals surface area (Å²) in [6.07, 6.45) is 2.11. The van der Waals surface area contributed by atoms with Crippen molar-refractivity contribution in [3.63, 3.8) is 0 Å². The molecular formula is C13H20N2O. The first-order valence-electron chi connectivity index (χ1n) is 5.77. The zero-order chi connectivity index (χ0) is 11.7. The molecule has 1 heterocycles. The molecule has 1 aliphatic rings. The van der Waals surface area contributed by atoms with Crippen molar-refractivity contribution >= 4 is 5.69 Å². The molecule has 0 bridgehead atoms. The predicted octanol–water partition coefficient (Wildman–Crippen LogP) is 1.79. The van der Waals surface area contributed by atoms with Gasteiger partial charge in [0.05, 0.1) is 7.11 Å². The summed E-state index contributed by atoms with van der Waals surface area (Å²) in [4.78, 5) is 2.33. The van der Waals surface area contributed by atoms with E-state index in [0.29, 0.717) is 6.04 Å². The second-order valence-electron chi connectivity index (χ2n) is 4.68. The van der Waals surface area contributed by atoms with Crippen molar-refractivity contribution in [1.29, 1.82) is 0 Å². The minimum Gasteiger partial charge on any atom is -0.497 e. The molecule has 2 rings (SSSR count). The summed E-state index contributed by atoms with van der Waals surface area (Å²) in [6.45, 7) is 2.07. The molecule has 0 radical (unpaired) electrons. The summed E-state index contributed by atoms with van der Waals surface area (Å²) in [7, 11) is 3.85. The fourth-order valence-electron chi connectivity index (χ4n) is 2.45. The number of nitrogens with zero attached hydrogens (tertiary/aromatic N) is 1. The number of anilines is 1. The van der Waals surface area contributed by atoms with E-state index in [9.17, 15) is 0 Å². The van der Waals surface area contributed by atoms with Gasteiger partial charge in [-0.2, -0.15) is 0 Å². The van der Waals surface area contributed by atoms with E-state index >= 15 is 0 Å². The van der Waals surface area contributed by atoms with Crippen LogP contribution in [0.25, 0.3) is 0 Å². The van der Waals surface area contributed by atoms with Gasteiger partial charge >= 0.3 is 0 Å². The number of hydrogen-bond donors (Lipinski definition) is 1. The maximum atomic E-state index is 5.87. The van der Waals surface area contributed by atoms with Crippen molar-refractivity contribution in [2.75, 3.05) is 19.1 Å². The van der Waals surface area contributed by atoms with E-state index in [2.05, 4.69) is 31.0 Å². The average molecular weight is 220 g/mol. The normalized spacial score (nSPS) is 20.8. The summed E-state index contributed by atoms with van der Waals surface area (Å²) in [5.41, 5.74) is 8.55. The quantitative estimate of drug-likeness (QED) is 0.844. The van der Waals surface area contributed by atoms with Crippen LogP contribution in [0.2, 0.25) is 0 Å². The van der Waals surface area contributed by atoms with Crippen molar-refractivity contribution in [2.45, 2.75) is 31.8 Å². The number of fused-ring (bicyclic) bond motifs is 1. The molecule has 2 atom stereocenters. The standard InChI is InChI=1S/C13H20N2O/c1-9(14)6-11-7-10-8-12(16-3)4-5-13(10)15(11)2/h4-5,8-9,11H,6-7,14H2,1-3H3. The minimum atomic E-state index is 0.253. The molecule has 2 unspecified atom stereocenters. The van der Waals surface area contributed by atoms with Gasteiger partial charge in [-0.25, -0.2) is 0 Å². The second kappa shape index (κ2) is 4.34. The van der Waals surface area contributed by atoms with E-state index < -0.39 is 0 Å². The minimum absolute atomic E-state index is 0.253. The van der Waals surface area contributed by atoms with Crippen LogP contribution in [0.5, 0.6) is 5.75 Å². The van der Waals surface area contributed by atoms with Crippen LogP contribution < -0.4 is 15.4 Å². The Balaban J connectivity index is 2.20. The molecule has 0 aromatic heterocycles. The number of likely N-dealkylation sites (N-methyl/N-ethyl adjacent to an activating group) is 1. The highest BCUT2D eigenvalue weighted by Gasteiger charge is 2.27. The topological polar surface area (TPSA) is 38.5 Å². The van der Waals surface area contributed by atoms with Crippen LogP contribution in [0.4, 0.5) is 5.69 Å². The lowest BCUT2D eigenvalue weighted by atomic mass is 10.0. The van der Waals surface area contributed by atoms with Crippen LogP contribution in [0.15, 0.2) is 18.2 Å². The smallest absolute Gasteiger partial charge is 0.119 e. The molecule has 0 amide bonds. The van der Waals surface area contributed by atoms with E-state index in [-0.39, 0.29) is 6.04 Å². The Morgan fingerprint density at radius 2 is 2.31 bits per heavy atom. The van der Waals surface area contributed by atoms with E-state index in [1.807, 2.05) is 6.07 Å². The number of benzene rings is 1. The molecule has 1 aromatic carbocycles. The van der Waals surface area contributed by atoms with Gasteiger partial charge in [0.2, 0.25) is 0 Å². The lowest BCUT2D eigenvalue weighted by molar-refractivity contribution is 0.414. The Bertz CT molecular complexity index is 376. The molecule has 0 saturated heterocycles. The molecule has 1 aliphatic heterocycles. The van der Waals surface area contributed by atoms with Gasteiger partial charge < -0.3 is 15.4 Å². The summed E-state index contributed by atoms with van der Waals surface area (Å²) in [5, 5.41) is 0. The molecule has 0 saturated carbocycles. The molecule has 16 heavy (non-hydrogen) atoms. The lowest BCUT2D eigenvalue weighted by Crippen LogP contribution is -2.33. The summed E-state index contributed by atoms with van der Waals surface area (Å²) in [5.74, 6) is 0.939. The third-order valence-electron chi connectivity index (χ3n) is 3.31. The number of rotatable bonds is 3. The van der Waals surface area contributed by atoms with Crippen molar-refractivity contribution in [2.24, 2.45) is 5.73 Å². The van der Waals surface area contributed by atoms with E-state index in [0.717, 1.165) is 18.6 Å². The number of nitrogens with two attached hydrogens (primary N) is 1. The van der Waals surface area contributed by atoms with Gasteiger partial charge in [0.15, 0.2) is 0 Å². The van der Waals surface area contributed by atoms with Gasteiger partial charge in [-0.15, -0.1) is 0 Å². The monoisotopic (exact) mass is 220 g/mol. The first-order chi connectivity index (χ1) is 7.61. The molecule has 2 N–H and O–H groups in total. The molecule has 3 heteroatoms. The average Bonchev–Trinajstić information content (AvgIpc) is 2.54. The van der Waals surface area contributed by atoms with Crippen LogP contribution in [-0.2, 0) is 6.42 Å². The highest BCUT2D eigenvalue weighted by Crippen LogP contribution is 2.34. The largest absolute Gasteiger partial charge is 0.497 e. The van der Waals surface area contributed by atoms with Crippen molar-refractivity contribution < 1.29 is 4.74 Å². The maximum Gasteiger partial charge on any atom is 0.119 e. The molecule has 0 fully saturated rings. The van der Waals surface area contributed by atoms with Crippen LogP contribution in [0.1, 0.15) is 18.9 Å². The molecular weight excluding hydrogens is 200 g/mol. The van der Waals surface area contributed by atoms with Crippen molar-refractivity contribution in [3.8, 4) is 5.75 Å². The van der Waals surface area contributed by atoms with Gasteiger partial charge in [-0.3, -0.25) is 0 Å². The Kier molecular flexibility index (Phi) is 3.06. The Morgan fingerprint density at radius 1 is 1.56 bits per heavy atom. The summed E-state index contributed by atoms with van der Waals surface area (Å²) in [6, 6.07) is 7.07. The number of methoxy groups -OCH3 is 1. The highest BCUT2D eigenvalue weighted by molar-refractivity contribution is 5.61. The van der Waals surface area contributed by atoms with Crippen LogP contribution in [0, 0.1) is 0 Å². The molecule has 3 nitrogen and oxygen atoms in total. The summed E-state index contributed by atoms with van der Waals surface area (Å²) < 4.78 is 5.25. The van der Waals surface area contributed by atoms with Crippen LogP contribution in [-0.4, -0.2) is 26.2 Å². The number of hydrogen-bond acceptors (Lipinski definition) is 3. The molecule has 0 aliphatic carbocycles. The zero-order valence-corrected chi connectivity index (χ0v) is 10.2. The van der Waals surface area contributed by atoms with E-state index in [1.54, 1.807) is 7.11 Å². The fraction of sp³-hybridized carbons (Fsp3) is 0.538. The van der Waals surface area contributed by atoms with Crippen molar-refractivity contribution in [3.05, 3.63) is 23.8 Å². The molecule has 1 aromatic rings. The Hall–Kier alpha value is -1.22. The van der Waals surface area contributed by atoms with Gasteiger partial charge in [0.25, 0.3) is 0 Å². The second-order valence-corrected chi connectivity index (χ2v) is 4.68. The maximum absolute atomic E-state index is 5.87. The Morgan fingerprint density at radius 3 is 2.94 bits per heavy atom. The van der Waals surface area contributed by atoms with Crippen LogP contribution >= 0.6 is 0 Å². The predicted molar refractivity (Wildman–Crippen MR) is 67.2 cm³/mol. The van der Waals surface area contributed by atoms with E-state index in [1.165, 1.54) is 11.3 Å². The van der Waals surface area contributed by atoms with Gasteiger partial charge in [0, 0.05) is 24.8 Å². The van der Waals surface area contributed by atoms with Gasteiger partial charge in [-0.1, -0.05) is 0 Å².